The largest absolute Gasteiger partial charge is 0.480 e. The number of rotatable bonds is 5. The smallest absolute Gasteiger partial charge is 0.320 e. The Morgan fingerprint density at radius 1 is 1.39 bits per heavy atom. The van der Waals surface area contributed by atoms with E-state index in [-0.39, 0.29) is 12.5 Å². The number of carboxylic acid groups (broad SMARTS) is 1. The molecule has 0 spiro atoms. The Balaban J connectivity index is 2.52. The average Bonchev–Trinajstić information content (AvgIpc) is 2.29. The van der Waals surface area contributed by atoms with Gasteiger partial charge in [0, 0.05) is 8.95 Å². The van der Waals surface area contributed by atoms with Gasteiger partial charge < -0.3 is 10.4 Å². The summed E-state index contributed by atoms with van der Waals surface area (Å²) in [7, 11) is 0. The van der Waals surface area contributed by atoms with E-state index in [9.17, 15) is 9.59 Å². The molecule has 1 aromatic carbocycles. The summed E-state index contributed by atoms with van der Waals surface area (Å²) in [5, 5.41) is 13.9. The maximum absolute atomic E-state index is 11.6. The number of hydrogen-bond donors (Lipinski definition) is 3. The fourth-order valence-corrected chi connectivity index (χ4v) is 2.26. The van der Waals surface area contributed by atoms with Gasteiger partial charge in [-0.3, -0.25) is 14.9 Å². The molecule has 1 aromatic rings. The molecule has 1 atom stereocenters. The summed E-state index contributed by atoms with van der Waals surface area (Å²) in [6.45, 7) is 1.42. The van der Waals surface area contributed by atoms with Crippen molar-refractivity contribution in [2.75, 3.05) is 11.9 Å². The quantitative estimate of drug-likeness (QED) is 0.732. The number of nitrogens with one attached hydrogen (secondary N) is 2. The van der Waals surface area contributed by atoms with Gasteiger partial charge in [-0.05, 0) is 41.1 Å². The first-order valence-corrected chi connectivity index (χ1v) is 6.70. The van der Waals surface area contributed by atoms with Gasteiger partial charge in [-0.1, -0.05) is 15.9 Å². The summed E-state index contributed by atoms with van der Waals surface area (Å²) in [5.41, 5.74) is 0.632. The van der Waals surface area contributed by atoms with Crippen LogP contribution in [0.2, 0.25) is 0 Å². The molecule has 0 aliphatic heterocycles. The highest BCUT2D eigenvalue weighted by atomic mass is 79.9. The second kappa shape index (κ2) is 6.86. The monoisotopic (exact) mass is 378 g/mol. The molecule has 0 aliphatic rings. The van der Waals surface area contributed by atoms with Crippen LogP contribution in [-0.2, 0) is 9.59 Å². The van der Waals surface area contributed by atoms with Crippen molar-refractivity contribution >= 4 is 49.4 Å². The van der Waals surface area contributed by atoms with Gasteiger partial charge in [0.05, 0.1) is 12.2 Å². The molecule has 5 nitrogen and oxygen atoms in total. The zero-order valence-electron chi connectivity index (χ0n) is 9.54. The summed E-state index contributed by atoms with van der Waals surface area (Å²) in [6.07, 6.45) is 0. The van der Waals surface area contributed by atoms with E-state index in [0.717, 1.165) is 8.95 Å². The van der Waals surface area contributed by atoms with E-state index in [2.05, 4.69) is 42.5 Å². The topological polar surface area (TPSA) is 78.4 Å². The third kappa shape index (κ3) is 4.75. The molecule has 18 heavy (non-hydrogen) atoms. The second-order valence-electron chi connectivity index (χ2n) is 3.61. The fourth-order valence-electron chi connectivity index (χ4n) is 1.12. The van der Waals surface area contributed by atoms with Crippen molar-refractivity contribution in [1.29, 1.82) is 0 Å². The Kier molecular flexibility index (Phi) is 5.77. The zero-order valence-corrected chi connectivity index (χ0v) is 12.7. The van der Waals surface area contributed by atoms with Crippen molar-refractivity contribution in [1.82, 2.24) is 5.32 Å². The predicted octanol–water partition coefficient (Wildman–Crippen LogP) is 2.21. The summed E-state index contributed by atoms with van der Waals surface area (Å²) >= 11 is 6.63. The summed E-state index contributed by atoms with van der Waals surface area (Å²) < 4.78 is 1.64. The minimum atomic E-state index is -0.993. The first kappa shape index (κ1) is 15.1. The van der Waals surface area contributed by atoms with E-state index in [1.807, 2.05) is 6.07 Å². The van der Waals surface area contributed by atoms with Gasteiger partial charge in [0.2, 0.25) is 5.91 Å². The van der Waals surface area contributed by atoms with Gasteiger partial charge in [0.25, 0.3) is 0 Å². The van der Waals surface area contributed by atoms with Crippen LogP contribution < -0.4 is 10.6 Å². The Labute approximate surface area is 121 Å². The van der Waals surface area contributed by atoms with Gasteiger partial charge in [-0.15, -0.1) is 0 Å². The third-order valence-electron chi connectivity index (χ3n) is 2.14. The number of halogens is 2. The van der Waals surface area contributed by atoms with Gasteiger partial charge in [-0.2, -0.15) is 0 Å². The Hall–Kier alpha value is -0.920. The molecule has 1 unspecified atom stereocenters. The number of aliphatic carboxylic acids is 1. The van der Waals surface area contributed by atoms with Gasteiger partial charge in [-0.25, -0.2) is 0 Å². The van der Waals surface area contributed by atoms with Crippen molar-refractivity contribution in [3.05, 3.63) is 27.1 Å². The molecule has 0 bridgehead atoms. The Bertz CT molecular complexity index is 466. The highest BCUT2D eigenvalue weighted by Gasteiger charge is 2.12. The molecule has 7 heteroatoms. The van der Waals surface area contributed by atoms with Crippen LogP contribution in [0.15, 0.2) is 27.1 Å². The maximum atomic E-state index is 11.6. The highest BCUT2D eigenvalue weighted by molar-refractivity contribution is 9.11. The van der Waals surface area contributed by atoms with Crippen LogP contribution in [0.1, 0.15) is 6.92 Å². The average molecular weight is 380 g/mol. The molecule has 0 saturated heterocycles. The lowest BCUT2D eigenvalue weighted by molar-refractivity contribution is -0.139. The van der Waals surface area contributed by atoms with Crippen molar-refractivity contribution in [3.8, 4) is 0 Å². The number of carboxylic acids is 1. The molecule has 0 aromatic heterocycles. The van der Waals surface area contributed by atoms with E-state index in [1.165, 1.54) is 6.92 Å². The van der Waals surface area contributed by atoms with Gasteiger partial charge in [0.15, 0.2) is 0 Å². The van der Waals surface area contributed by atoms with Gasteiger partial charge in [0.1, 0.15) is 6.04 Å². The van der Waals surface area contributed by atoms with E-state index in [4.69, 9.17) is 5.11 Å². The maximum Gasteiger partial charge on any atom is 0.320 e. The summed E-state index contributed by atoms with van der Waals surface area (Å²) in [5.74, 6) is -1.29. The Morgan fingerprint density at radius 2 is 2.06 bits per heavy atom. The molecule has 0 fully saturated rings. The van der Waals surface area contributed by atoms with E-state index in [1.54, 1.807) is 12.1 Å². The van der Waals surface area contributed by atoms with Crippen molar-refractivity contribution in [3.63, 3.8) is 0 Å². The lowest BCUT2D eigenvalue weighted by atomic mass is 10.3. The zero-order chi connectivity index (χ0) is 13.7. The minimum Gasteiger partial charge on any atom is -0.480 e. The van der Waals surface area contributed by atoms with Crippen LogP contribution in [0, 0.1) is 0 Å². The number of hydrogen-bond acceptors (Lipinski definition) is 3. The standard InChI is InChI=1S/C11H12Br2N2O3/c1-6(11(17)18)14-5-10(16)15-9-3-2-7(12)4-8(9)13/h2-4,6,14H,5H2,1H3,(H,15,16)(H,17,18). The van der Waals surface area contributed by atoms with E-state index in [0.29, 0.717) is 5.69 Å². The molecule has 1 amide bonds. The molecule has 0 heterocycles. The van der Waals surface area contributed by atoms with E-state index >= 15 is 0 Å². The van der Waals surface area contributed by atoms with Crippen LogP contribution in [-0.4, -0.2) is 29.6 Å². The first-order valence-electron chi connectivity index (χ1n) is 5.11. The number of benzene rings is 1. The molecular weight excluding hydrogens is 368 g/mol. The fraction of sp³-hybridized carbons (Fsp3) is 0.273. The highest BCUT2D eigenvalue weighted by Crippen LogP contribution is 2.25. The Morgan fingerprint density at radius 3 is 2.61 bits per heavy atom. The molecule has 3 N–H and O–H groups in total. The number of carbonyl (C=O) groups is 2. The van der Waals surface area contributed by atoms with E-state index < -0.39 is 12.0 Å². The normalized spacial score (nSPS) is 11.9. The SMILES string of the molecule is CC(NCC(=O)Nc1ccc(Br)cc1Br)C(=O)O. The minimum absolute atomic E-state index is 0.0596. The molecule has 0 aliphatic carbocycles. The van der Waals surface area contributed by atoms with Crippen LogP contribution >= 0.6 is 31.9 Å². The van der Waals surface area contributed by atoms with Crippen molar-refractivity contribution in [2.24, 2.45) is 0 Å². The number of carbonyl (C=O) groups excluding carboxylic acids is 1. The van der Waals surface area contributed by atoms with Crippen LogP contribution in [0.3, 0.4) is 0 Å². The van der Waals surface area contributed by atoms with Crippen molar-refractivity contribution < 1.29 is 14.7 Å². The van der Waals surface area contributed by atoms with Crippen LogP contribution in [0.25, 0.3) is 0 Å². The molecular formula is C11H12Br2N2O3. The van der Waals surface area contributed by atoms with Crippen LogP contribution in [0.4, 0.5) is 5.69 Å². The summed E-state index contributed by atoms with van der Waals surface area (Å²) in [4.78, 5) is 22.1. The number of amides is 1. The predicted molar refractivity (Wildman–Crippen MR) is 75.6 cm³/mol. The lowest BCUT2D eigenvalue weighted by Crippen LogP contribution is -2.39. The molecule has 98 valence electrons. The molecule has 0 radical (unpaired) electrons. The third-order valence-corrected chi connectivity index (χ3v) is 3.29. The van der Waals surface area contributed by atoms with Crippen molar-refractivity contribution in [2.45, 2.75) is 13.0 Å². The summed E-state index contributed by atoms with van der Waals surface area (Å²) in [6, 6.07) is 4.59. The van der Waals surface area contributed by atoms with Crippen LogP contribution in [0.5, 0.6) is 0 Å². The molecule has 0 saturated carbocycles. The second-order valence-corrected chi connectivity index (χ2v) is 5.38. The van der Waals surface area contributed by atoms with Gasteiger partial charge >= 0.3 is 5.97 Å². The molecule has 1 rings (SSSR count). The lowest BCUT2D eigenvalue weighted by Gasteiger charge is -2.10. The first-order chi connectivity index (χ1) is 8.40. The number of anilines is 1.